The first-order valence-corrected chi connectivity index (χ1v) is 11.0. The summed E-state index contributed by atoms with van der Waals surface area (Å²) in [5.41, 5.74) is 4.50. The second-order valence-corrected chi connectivity index (χ2v) is 8.63. The van der Waals surface area contributed by atoms with Gasteiger partial charge in [-0.05, 0) is 60.9 Å². The number of benzene rings is 1. The van der Waals surface area contributed by atoms with Crippen LogP contribution in [0, 0.1) is 5.92 Å². The van der Waals surface area contributed by atoms with Crippen molar-refractivity contribution in [1.29, 1.82) is 0 Å². The van der Waals surface area contributed by atoms with Crippen LogP contribution in [0.2, 0.25) is 0 Å². The SMILES string of the molecule is CCCCCN1CC(CSC)C[C@@H]2c3cccc4[nH]cc(c34)C[C@H]21. The summed E-state index contributed by atoms with van der Waals surface area (Å²) in [6.45, 7) is 4.90. The molecular formula is C21H30N2S. The Bertz CT molecular complexity index is 692. The maximum absolute atomic E-state index is 3.51. The molecule has 2 aromatic rings. The van der Waals surface area contributed by atoms with Gasteiger partial charge in [0.1, 0.15) is 0 Å². The lowest BCUT2D eigenvalue weighted by Gasteiger charge is -2.47. The van der Waals surface area contributed by atoms with Crippen LogP contribution in [0.5, 0.6) is 0 Å². The van der Waals surface area contributed by atoms with Crippen molar-refractivity contribution in [2.75, 3.05) is 25.1 Å². The zero-order valence-electron chi connectivity index (χ0n) is 15.1. The number of hydrogen-bond acceptors (Lipinski definition) is 2. The molecule has 0 spiro atoms. The molecule has 4 rings (SSSR count). The predicted molar refractivity (Wildman–Crippen MR) is 106 cm³/mol. The van der Waals surface area contributed by atoms with E-state index in [2.05, 4.69) is 47.5 Å². The highest BCUT2D eigenvalue weighted by Crippen LogP contribution is 2.45. The van der Waals surface area contributed by atoms with Crippen molar-refractivity contribution in [1.82, 2.24) is 9.88 Å². The van der Waals surface area contributed by atoms with Crippen molar-refractivity contribution in [2.24, 2.45) is 5.92 Å². The Morgan fingerprint density at radius 3 is 3.04 bits per heavy atom. The fraction of sp³-hybridized carbons (Fsp3) is 0.619. The molecule has 1 saturated heterocycles. The van der Waals surface area contributed by atoms with Gasteiger partial charge in [-0.3, -0.25) is 4.90 Å². The van der Waals surface area contributed by atoms with Crippen LogP contribution in [0.25, 0.3) is 10.9 Å². The summed E-state index contributed by atoms with van der Waals surface area (Å²) in [5, 5.41) is 1.54. The van der Waals surface area contributed by atoms with Crippen molar-refractivity contribution in [3.05, 3.63) is 35.5 Å². The maximum atomic E-state index is 3.51. The van der Waals surface area contributed by atoms with Gasteiger partial charge in [0.05, 0.1) is 0 Å². The lowest BCUT2D eigenvalue weighted by Crippen LogP contribution is -2.50. The molecular weight excluding hydrogens is 312 g/mol. The fourth-order valence-electron chi connectivity index (χ4n) is 5.08. The van der Waals surface area contributed by atoms with Crippen molar-refractivity contribution in [3.8, 4) is 0 Å². The summed E-state index contributed by atoms with van der Waals surface area (Å²) in [6.07, 6.45) is 11.2. The van der Waals surface area contributed by atoms with Gasteiger partial charge >= 0.3 is 0 Å². The monoisotopic (exact) mass is 342 g/mol. The van der Waals surface area contributed by atoms with Gasteiger partial charge in [-0.1, -0.05) is 31.9 Å². The molecule has 3 heteroatoms. The van der Waals surface area contributed by atoms with Gasteiger partial charge in [-0.25, -0.2) is 0 Å². The molecule has 2 aliphatic rings. The molecule has 1 unspecified atom stereocenters. The van der Waals surface area contributed by atoms with Gasteiger partial charge in [-0.15, -0.1) is 0 Å². The Morgan fingerprint density at radius 2 is 2.21 bits per heavy atom. The van der Waals surface area contributed by atoms with Crippen LogP contribution in [0.1, 0.15) is 49.7 Å². The molecule has 0 saturated carbocycles. The van der Waals surface area contributed by atoms with E-state index in [0.29, 0.717) is 6.04 Å². The Labute approximate surface area is 150 Å². The van der Waals surface area contributed by atoms with Gasteiger partial charge < -0.3 is 4.98 Å². The molecule has 1 fully saturated rings. The smallest absolute Gasteiger partial charge is 0.0459 e. The Kier molecular flexibility index (Phi) is 4.91. The zero-order chi connectivity index (χ0) is 16.5. The molecule has 1 N–H and O–H groups in total. The average Bonchev–Trinajstić information content (AvgIpc) is 3.01. The van der Waals surface area contributed by atoms with Crippen LogP contribution in [0.15, 0.2) is 24.4 Å². The zero-order valence-corrected chi connectivity index (χ0v) is 15.9. The first-order valence-electron chi connectivity index (χ1n) is 9.63. The highest BCUT2D eigenvalue weighted by Gasteiger charge is 2.40. The lowest BCUT2D eigenvalue weighted by molar-refractivity contribution is 0.0906. The second-order valence-electron chi connectivity index (χ2n) is 7.72. The van der Waals surface area contributed by atoms with E-state index in [9.17, 15) is 0 Å². The fourth-order valence-corrected chi connectivity index (χ4v) is 5.79. The number of nitrogens with one attached hydrogen (secondary N) is 1. The number of rotatable bonds is 6. The van der Waals surface area contributed by atoms with E-state index in [0.717, 1.165) is 11.8 Å². The van der Waals surface area contributed by atoms with Gasteiger partial charge in [-0.2, -0.15) is 11.8 Å². The van der Waals surface area contributed by atoms with Gasteiger partial charge in [0, 0.05) is 35.6 Å². The van der Waals surface area contributed by atoms with Crippen LogP contribution in [-0.2, 0) is 6.42 Å². The van der Waals surface area contributed by atoms with Crippen LogP contribution < -0.4 is 0 Å². The lowest BCUT2D eigenvalue weighted by atomic mass is 9.72. The summed E-state index contributed by atoms with van der Waals surface area (Å²) in [4.78, 5) is 6.36. The Hall–Kier alpha value is -0.930. The molecule has 1 aromatic heterocycles. The van der Waals surface area contributed by atoms with E-state index >= 15 is 0 Å². The molecule has 0 radical (unpaired) electrons. The first kappa shape index (κ1) is 16.5. The van der Waals surface area contributed by atoms with Crippen LogP contribution in [0.3, 0.4) is 0 Å². The normalized spacial score (nSPS) is 26.7. The third-order valence-corrected chi connectivity index (χ3v) is 6.92. The van der Waals surface area contributed by atoms with Gasteiger partial charge in [0.15, 0.2) is 0 Å². The number of unbranched alkanes of at least 4 members (excludes halogenated alkanes) is 2. The average molecular weight is 343 g/mol. The maximum Gasteiger partial charge on any atom is 0.0459 e. The molecule has 1 aliphatic heterocycles. The Balaban J connectivity index is 1.66. The third kappa shape index (κ3) is 2.90. The number of piperidine rings is 1. The van der Waals surface area contributed by atoms with Crippen molar-refractivity contribution in [3.63, 3.8) is 0 Å². The van der Waals surface area contributed by atoms with Crippen molar-refractivity contribution in [2.45, 2.75) is 51.0 Å². The number of nitrogens with zero attached hydrogens (tertiary/aromatic N) is 1. The summed E-state index contributed by atoms with van der Waals surface area (Å²) < 4.78 is 0. The first-order chi connectivity index (χ1) is 11.8. The van der Waals surface area contributed by atoms with Crippen molar-refractivity contribution >= 4 is 22.7 Å². The van der Waals surface area contributed by atoms with Crippen LogP contribution in [0.4, 0.5) is 0 Å². The molecule has 1 aromatic carbocycles. The number of hydrogen-bond donors (Lipinski definition) is 1. The Morgan fingerprint density at radius 1 is 1.29 bits per heavy atom. The van der Waals surface area contributed by atoms with E-state index in [1.54, 1.807) is 11.1 Å². The second kappa shape index (κ2) is 7.13. The summed E-state index contributed by atoms with van der Waals surface area (Å²) in [6, 6.07) is 7.61. The predicted octanol–water partition coefficient (Wildman–Crippen LogP) is 5.05. The highest BCUT2D eigenvalue weighted by molar-refractivity contribution is 7.98. The van der Waals surface area contributed by atoms with E-state index < -0.39 is 0 Å². The minimum atomic E-state index is 0.717. The van der Waals surface area contributed by atoms with E-state index in [1.165, 1.54) is 61.8 Å². The van der Waals surface area contributed by atoms with E-state index in [4.69, 9.17) is 0 Å². The standard InChI is InChI=1S/C21H30N2S/c1-3-4-5-9-23-13-15(14-24-2)10-18-17-7-6-8-19-21(17)16(12-22-19)11-20(18)23/h6-8,12,15,18,20,22H,3-5,9-11,13-14H2,1-2H3/t15?,18-,20-/m1/s1. The van der Waals surface area contributed by atoms with E-state index in [-0.39, 0.29) is 0 Å². The van der Waals surface area contributed by atoms with Crippen LogP contribution >= 0.6 is 11.8 Å². The summed E-state index contributed by atoms with van der Waals surface area (Å²) in [7, 11) is 0. The number of thioether (sulfide) groups is 1. The number of fused-ring (bicyclic) bond motifs is 2. The third-order valence-electron chi connectivity index (χ3n) is 6.11. The number of H-pyrrole nitrogens is 1. The number of likely N-dealkylation sites (tertiary alicyclic amines) is 1. The van der Waals surface area contributed by atoms with Crippen LogP contribution in [-0.4, -0.2) is 41.0 Å². The number of aromatic amines is 1. The number of aromatic nitrogens is 1. The molecule has 0 bridgehead atoms. The summed E-state index contributed by atoms with van der Waals surface area (Å²) in [5.74, 6) is 2.88. The minimum Gasteiger partial charge on any atom is -0.361 e. The molecule has 2 nitrogen and oxygen atoms in total. The van der Waals surface area contributed by atoms with E-state index in [1.807, 2.05) is 11.8 Å². The molecule has 1 aliphatic carbocycles. The highest BCUT2D eigenvalue weighted by atomic mass is 32.2. The largest absolute Gasteiger partial charge is 0.361 e. The van der Waals surface area contributed by atoms with Crippen molar-refractivity contribution < 1.29 is 0 Å². The quantitative estimate of drug-likeness (QED) is 0.741. The minimum absolute atomic E-state index is 0.717. The molecule has 3 atom stereocenters. The summed E-state index contributed by atoms with van der Waals surface area (Å²) >= 11 is 2.02. The van der Waals surface area contributed by atoms with Gasteiger partial charge in [0.25, 0.3) is 0 Å². The molecule has 130 valence electrons. The molecule has 24 heavy (non-hydrogen) atoms. The van der Waals surface area contributed by atoms with Gasteiger partial charge in [0.2, 0.25) is 0 Å². The molecule has 2 heterocycles. The topological polar surface area (TPSA) is 19.0 Å². The molecule has 0 amide bonds.